The summed E-state index contributed by atoms with van der Waals surface area (Å²) in [6.45, 7) is 8.80. The summed E-state index contributed by atoms with van der Waals surface area (Å²) in [5, 5.41) is 9.97. The summed E-state index contributed by atoms with van der Waals surface area (Å²) in [5.74, 6) is 3.32. The topological polar surface area (TPSA) is 52.6 Å². The number of thiazole rings is 1. The first-order valence-electron chi connectivity index (χ1n) is 9.59. The zero-order valence-corrected chi connectivity index (χ0v) is 17.8. The molecule has 2 N–H and O–H groups in total. The minimum absolute atomic E-state index is 0.682. The van der Waals surface area contributed by atoms with E-state index in [4.69, 9.17) is 4.99 Å². The second-order valence-corrected chi connectivity index (χ2v) is 8.78. The molecule has 5 nitrogen and oxygen atoms in total. The molecule has 0 unspecified atom stereocenters. The van der Waals surface area contributed by atoms with E-state index in [1.165, 1.54) is 22.8 Å². The van der Waals surface area contributed by atoms with Crippen LogP contribution in [0.5, 0.6) is 0 Å². The highest BCUT2D eigenvalue weighted by atomic mass is 32.2. The standard InChI is InChI=1S/C20H29N5S2/c1-3-21-20(22-9-8-18-15-27-16(2)24-18)23-14-17-4-6-19(7-5-17)25-10-12-26-13-11-25/h4-7,15H,3,8-14H2,1-2H3,(H2,21,22,23). The van der Waals surface area contributed by atoms with Crippen LogP contribution >= 0.6 is 23.1 Å². The third-order valence-electron chi connectivity index (χ3n) is 4.42. The van der Waals surface area contributed by atoms with Crippen molar-refractivity contribution in [1.29, 1.82) is 0 Å². The van der Waals surface area contributed by atoms with Crippen molar-refractivity contribution >= 4 is 34.7 Å². The van der Waals surface area contributed by atoms with Gasteiger partial charge < -0.3 is 15.5 Å². The van der Waals surface area contributed by atoms with Crippen LogP contribution in [0.3, 0.4) is 0 Å². The lowest BCUT2D eigenvalue weighted by molar-refractivity contribution is 0.790. The summed E-state index contributed by atoms with van der Waals surface area (Å²) < 4.78 is 0. The Labute approximate surface area is 170 Å². The summed E-state index contributed by atoms with van der Waals surface area (Å²) in [7, 11) is 0. The number of aromatic nitrogens is 1. The fraction of sp³-hybridized carbons (Fsp3) is 0.500. The van der Waals surface area contributed by atoms with Gasteiger partial charge in [0.25, 0.3) is 0 Å². The highest BCUT2D eigenvalue weighted by Gasteiger charge is 2.10. The molecule has 7 heteroatoms. The maximum Gasteiger partial charge on any atom is 0.191 e. The zero-order chi connectivity index (χ0) is 18.9. The third-order valence-corrected chi connectivity index (χ3v) is 6.18. The molecule has 2 heterocycles. The van der Waals surface area contributed by atoms with E-state index in [0.717, 1.165) is 49.3 Å². The molecule has 1 aliphatic heterocycles. The number of nitrogens with zero attached hydrogens (tertiary/aromatic N) is 3. The second-order valence-electron chi connectivity index (χ2n) is 6.50. The van der Waals surface area contributed by atoms with Gasteiger partial charge in [-0.25, -0.2) is 9.98 Å². The predicted molar refractivity (Wildman–Crippen MR) is 119 cm³/mol. The first-order chi connectivity index (χ1) is 13.2. The molecular weight excluding hydrogens is 374 g/mol. The van der Waals surface area contributed by atoms with Gasteiger partial charge in [-0.15, -0.1) is 11.3 Å². The van der Waals surface area contributed by atoms with Gasteiger partial charge >= 0.3 is 0 Å². The number of nitrogens with one attached hydrogen (secondary N) is 2. The average Bonchev–Trinajstić information content (AvgIpc) is 3.12. The van der Waals surface area contributed by atoms with Gasteiger partial charge in [-0.1, -0.05) is 12.1 Å². The van der Waals surface area contributed by atoms with Crippen LogP contribution in [0.4, 0.5) is 5.69 Å². The first-order valence-corrected chi connectivity index (χ1v) is 11.6. The number of thioether (sulfide) groups is 1. The molecule has 3 rings (SSSR count). The van der Waals surface area contributed by atoms with Gasteiger partial charge in [0.1, 0.15) is 0 Å². The number of rotatable bonds is 7. The van der Waals surface area contributed by atoms with Crippen LogP contribution in [0.25, 0.3) is 0 Å². The number of guanidine groups is 1. The molecule has 0 spiro atoms. The monoisotopic (exact) mass is 403 g/mol. The molecule has 146 valence electrons. The Morgan fingerprint density at radius 1 is 1.19 bits per heavy atom. The van der Waals surface area contributed by atoms with E-state index in [1.807, 2.05) is 18.7 Å². The minimum atomic E-state index is 0.682. The van der Waals surface area contributed by atoms with E-state index in [-0.39, 0.29) is 0 Å². The lowest BCUT2D eigenvalue weighted by atomic mass is 10.2. The minimum Gasteiger partial charge on any atom is -0.370 e. The van der Waals surface area contributed by atoms with Crippen LogP contribution in [-0.2, 0) is 13.0 Å². The van der Waals surface area contributed by atoms with Crippen molar-refractivity contribution in [3.05, 3.63) is 45.9 Å². The van der Waals surface area contributed by atoms with Crippen LogP contribution < -0.4 is 15.5 Å². The number of aliphatic imine (C=N–C) groups is 1. The Balaban J connectivity index is 1.50. The Morgan fingerprint density at radius 2 is 1.96 bits per heavy atom. The normalized spacial score (nSPS) is 15.0. The molecule has 0 bridgehead atoms. The lowest BCUT2D eigenvalue weighted by Gasteiger charge is -2.28. The van der Waals surface area contributed by atoms with Gasteiger partial charge in [-0.2, -0.15) is 11.8 Å². The third kappa shape index (κ3) is 6.43. The van der Waals surface area contributed by atoms with Gasteiger partial charge in [0.05, 0.1) is 17.2 Å². The molecule has 0 radical (unpaired) electrons. The van der Waals surface area contributed by atoms with Gasteiger partial charge in [0.15, 0.2) is 5.96 Å². The number of anilines is 1. The van der Waals surface area contributed by atoms with Crippen LogP contribution in [0.15, 0.2) is 34.6 Å². The summed E-state index contributed by atoms with van der Waals surface area (Å²) in [5.41, 5.74) is 3.71. The van der Waals surface area contributed by atoms with Crippen molar-refractivity contribution in [3.8, 4) is 0 Å². The average molecular weight is 404 g/mol. The molecular formula is C20H29N5S2. The molecule has 0 amide bonds. The van der Waals surface area contributed by atoms with Crippen molar-refractivity contribution in [2.45, 2.75) is 26.8 Å². The molecule has 1 aromatic heterocycles. The Hall–Kier alpha value is -1.73. The summed E-state index contributed by atoms with van der Waals surface area (Å²) in [6.07, 6.45) is 0.914. The SMILES string of the molecule is CCNC(=NCc1ccc(N2CCSCC2)cc1)NCCc1csc(C)n1. The van der Waals surface area contributed by atoms with Crippen molar-refractivity contribution in [1.82, 2.24) is 15.6 Å². The first kappa shape index (κ1) is 20.0. The van der Waals surface area contributed by atoms with Crippen LogP contribution in [0.1, 0.15) is 23.2 Å². The second kappa shape index (κ2) is 10.6. The maximum absolute atomic E-state index is 4.72. The summed E-state index contributed by atoms with van der Waals surface area (Å²) >= 11 is 3.74. The highest BCUT2D eigenvalue weighted by Crippen LogP contribution is 2.20. The fourth-order valence-electron chi connectivity index (χ4n) is 2.98. The molecule has 0 saturated carbocycles. The Kier molecular flexibility index (Phi) is 7.83. The van der Waals surface area contributed by atoms with Crippen molar-refractivity contribution < 1.29 is 0 Å². The fourth-order valence-corrected chi connectivity index (χ4v) is 4.53. The van der Waals surface area contributed by atoms with E-state index in [9.17, 15) is 0 Å². The van der Waals surface area contributed by atoms with Gasteiger partial charge in [-0.3, -0.25) is 0 Å². The van der Waals surface area contributed by atoms with Crippen molar-refractivity contribution in [3.63, 3.8) is 0 Å². The Bertz CT molecular complexity index is 720. The van der Waals surface area contributed by atoms with E-state index in [0.29, 0.717) is 6.54 Å². The Morgan fingerprint density at radius 3 is 2.63 bits per heavy atom. The van der Waals surface area contributed by atoms with Gasteiger partial charge in [-0.05, 0) is 31.5 Å². The summed E-state index contributed by atoms with van der Waals surface area (Å²) in [4.78, 5) is 11.7. The molecule has 1 aliphatic rings. The molecule has 0 atom stereocenters. The molecule has 2 aromatic rings. The molecule has 1 saturated heterocycles. The molecule has 27 heavy (non-hydrogen) atoms. The van der Waals surface area contributed by atoms with Crippen LogP contribution in [-0.4, -0.2) is 48.6 Å². The lowest BCUT2D eigenvalue weighted by Crippen LogP contribution is -2.38. The highest BCUT2D eigenvalue weighted by molar-refractivity contribution is 7.99. The van der Waals surface area contributed by atoms with E-state index < -0.39 is 0 Å². The summed E-state index contributed by atoms with van der Waals surface area (Å²) in [6, 6.07) is 8.85. The molecule has 0 aliphatic carbocycles. The van der Waals surface area contributed by atoms with Gasteiger partial charge in [0.2, 0.25) is 0 Å². The smallest absolute Gasteiger partial charge is 0.191 e. The zero-order valence-electron chi connectivity index (χ0n) is 16.2. The predicted octanol–water partition coefficient (Wildman–Crippen LogP) is 3.30. The van der Waals surface area contributed by atoms with E-state index in [2.05, 4.69) is 57.1 Å². The van der Waals surface area contributed by atoms with Crippen molar-refractivity contribution in [2.24, 2.45) is 4.99 Å². The van der Waals surface area contributed by atoms with Crippen molar-refractivity contribution in [2.75, 3.05) is 42.6 Å². The van der Waals surface area contributed by atoms with Crippen LogP contribution in [0.2, 0.25) is 0 Å². The molecule has 1 fully saturated rings. The van der Waals surface area contributed by atoms with E-state index >= 15 is 0 Å². The number of hydrogen-bond donors (Lipinski definition) is 2. The van der Waals surface area contributed by atoms with Gasteiger partial charge in [0, 0.05) is 55.2 Å². The molecule has 1 aromatic carbocycles. The number of aryl methyl sites for hydroxylation is 1. The van der Waals surface area contributed by atoms with E-state index in [1.54, 1.807) is 11.3 Å². The largest absolute Gasteiger partial charge is 0.370 e. The quantitative estimate of drug-likeness (QED) is 0.549. The maximum atomic E-state index is 4.72. The van der Waals surface area contributed by atoms with Crippen LogP contribution in [0, 0.1) is 6.92 Å². The number of benzene rings is 1. The number of hydrogen-bond acceptors (Lipinski definition) is 5.